The first kappa shape index (κ1) is 22.7. The standard InChI is InChI=1S/C20H33N6O4/c1-20(2,3)17(19(30)25-12-14(27)9-15(25)18(29)21-4)26-11-13(22-23-26)10-24-8-6-5-7-16(24)28/h6,8,13-15,17,22-23H,5,7,9-12H2,1-4H3,(H,21,29)/q-1/t13?,14-,15+,17-/m1/s1. The maximum Gasteiger partial charge on any atom is 0.242 e. The van der Waals surface area contributed by atoms with Crippen molar-refractivity contribution in [2.45, 2.75) is 64.3 Å². The van der Waals surface area contributed by atoms with Gasteiger partial charge in [-0.3, -0.25) is 14.4 Å². The maximum atomic E-state index is 13.5. The van der Waals surface area contributed by atoms with Gasteiger partial charge in [-0.2, -0.15) is 5.53 Å². The van der Waals surface area contributed by atoms with Gasteiger partial charge in [-0.1, -0.05) is 26.8 Å². The van der Waals surface area contributed by atoms with Crippen molar-refractivity contribution in [3.05, 3.63) is 12.3 Å². The molecule has 3 rings (SSSR count). The van der Waals surface area contributed by atoms with Crippen molar-refractivity contribution in [3.63, 3.8) is 0 Å². The third kappa shape index (κ3) is 4.83. The predicted molar refractivity (Wildman–Crippen MR) is 108 cm³/mol. The topological polar surface area (TPSA) is 120 Å². The summed E-state index contributed by atoms with van der Waals surface area (Å²) in [6, 6.07) is -1.38. The normalized spacial score (nSPS) is 28.8. The largest absolute Gasteiger partial charge is 0.851 e. The summed E-state index contributed by atoms with van der Waals surface area (Å²) >= 11 is 0. The van der Waals surface area contributed by atoms with Crippen LogP contribution in [0.25, 0.3) is 0 Å². The number of likely N-dealkylation sites (tertiary alicyclic amines) is 1. The first-order valence-electron chi connectivity index (χ1n) is 10.5. The van der Waals surface area contributed by atoms with Crippen LogP contribution in [0.15, 0.2) is 12.3 Å². The molecule has 10 nitrogen and oxygen atoms in total. The third-order valence-electron chi connectivity index (χ3n) is 5.84. The number of likely N-dealkylation sites (N-methyl/N-ethyl adjacent to an activating group) is 1. The average molecular weight is 422 g/mol. The molecule has 10 heteroatoms. The van der Waals surface area contributed by atoms with Gasteiger partial charge in [0.05, 0.1) is 6.04 Å². The van der Waals surface area contributed by atoms with Crippen LogP contribution in [0.1, 0.15) is 40.0 Å². The molecule has 3 aliphatic rings. The Morgan fingerprint density at radius 3 is 2.70 bits per heavy atom. The highest BCUT2D eigenvalue weighted by Gasteiger charge is 2.46. The van der Waals surface area contributed by atoms with Crippen LogP contribution in [-0.2, 0) is 14.4 Å². The number of carbonyl (C=O) groups is 3. The van der Waals surface area contributed by atoms with Crippen LogP contribution in [0.3, 0.4) is 0 Å². The summed E-state index contributed by atoms with van der Waals surface area (Å²) in [4.78, 5) is 41.0. The number of nitrogens with zero attached hydrogens (tertiary/aromatic N) is 3. The lowest BCUT2D eigenvalue weighted by atomic mass is 9.85. The van der Waals surface area contributed by atoms with Crippen LogP contribution >= 0.6 is 0 Å². The molecule has 0 radical (unpaired) electrons. The zero-order chi connectivity index (χ0) is 22.1. The summed E-state index contributed by atoms with van der Waals surface area (Å²) in [6.45, 7) is 6.91. The van der Waals surface area contributed by atoms with Crippen molar-refractivity contribution >= 4 is 17.7 Å². The number of carbonyl (C=O) groups excluding carboxylic acids is 3. The fourth-order valence-corrected chi connectivity index (χ4v) is 4.40. The van der Waals surface area contributed by atoms with Crippen LogP contribution < -0.4 is 21.4 Å². The number of rotatable bonds is 5. The van der Waals surface area contributed by atoms with E-state index in [1.54, 1.807) is 4.90 Å². The van der Waals surface area contributed by atoms with Crippen molar-refractivity contribution in [1.29, 1.82) is 0 Å². The SMILES string of the molecule is CNC(=O)[C@@H]1C[C@@H]([O-])CN1C(=O)[C@@H](N1CC(CN2C=CCCC2=O)NN1)C(C)(C)C. The van der Waals surface area contributed by atoms with E-state index in [2.05, 4.69) is 16.3 Å². The first-order chi connectivity index (χ1) is 14.1. The average Bonchev–Trinajstić information content (AvgIpc) is 3.28. The van der Waals surface area contributed by atoms with Crippen LogP contribution in [0.2, 0.25) is 0 Å². The minimum atomic E-state index is -0.966. The molecule has 0 aromatic carbocycles. The number of hydrazine groups is 2. The minimum absolute atomic E-state index is 0.0290. The van der Waals surface area contributed by atoms with Gasteiger partial charge >= 0.3 is 0 Å². The van der Waals surface area contributed by atoms with Gasteiger partial charge in [0.25, 0.3) is 0 Å². The lowest BCUT2D eigenvalue weighted by Crippen LogP contribution is -2.60. The van der Waals surface area contributed by atoms with E-state index in [0.717, 1.165) is 6.42 Å². The molecule has 3 heterocycles. The molecular formula is C20H33N6O4-. The Kier molecular flexibility index (Phi) is 6.81. The van der Waals surface area contributed by atoms with Gasteiger partial charge in [0.2, 0.25) is 17.7 Å². The first-order valence-corrected chi connectivity index (χ1v) is 10.5. The molecule has 2 saturated heterocycles. The van der Waals surface area contributed by atoms with Gasteiger partial charge < -0.3 is 20.2 Å². The van der Waals surface area contributed by atoms with E-state index >= 15 is 0 Å². The molecule has 3 aliphatic heterocycles. The van der Waals surface area contributed by atoms with Crippen molar-refractivity contribution in [2.24, 2.45) is 5.41 Å². The number of nitrogens with one attached hydrogen (secondary N) is 3. The summed E-state index contributed by atoms with van der Waals surface area (Å²) in [5.74, 6) is -0.457. The molecule has 0 aliphatic carbocycles. The molecule has 0 bridgehead atoms. The highest BCUT2D eigenvalue weighted by molar-refractivity contribution is 5.90. The summed E-state index contributed by atoms with van der Waals surface area (Å²) in [7, 11) is 1.51. The maximum absolute atomic E-state index is 13.5. The number of amides is 3. The smallest absolute Gasteiger partial charge is 0.242 e. The van der Waals surface area contributed by atoms with E-state index < -0.39 is 23.6 Å². The van der Waals surface area contributed by atoms with Gasteiger partial charge in [0.1, 0.15) is 12.1 Å². The second-order valence-corrected chi connectivity index (χ2v) is 9.32. The van der Waals surface area contributed by atoms with E-state index in [-0.39, 0.29) is 36.7 Å². The second-order valence-electron chi connectivity index (χ2n) is 9.32. The molecule has 3 amide bonds. The highest BCUT2D eigenvalue weighted by atomic mass is 16.3. The molecule has 0 aromatic heterocycles. The van der Waals surface area contributed by atoms with E-state index in [9.17, 15) is 19.5 Å². The van der Waals surface area contributed by atoms with Crippen molar-refractivity contribution in [3.8, 4) is 0 Å². The lowest BCUT2D eigenvalue weighted by Gasteiger charge is -2.39. The third-order valence-corrected chi connectivity index (χ3v) is 5.84. The molecule has 4 atom stereocenters. The Balaban J connectivity index is 1.72. The quantitative estimate of drug-likeness (QED) is 0.484. The van der Waals surface area contributed by atoms with Gasteiger partial charge in [-0.25, -0.2) is 10.4 Å². The monoisotopic (exact) mass is 421 g/mol. The second kappa shape index (κ2) is 9.01. The van der Waals surface area contributed by atoms with E-state index in [4.69, 9.17) is 0 Å². The molecule has 0 spiro atoms. The van der Waals surface area contributed by atoms with Gasteiger partial charge in [0.15, 0.2) is 0 Å². The van der Waals surface area contributed by atoms with Crippen LogP contribution in [-0.4, -0.2) is 83.4 Å². The van der Waals surface area contributed by atoms with Gasteiger partial charge in [-0.05, 0) is 18.3 Å². The van der Waals surface area contributed by atoms with Crippen LogP contribution in [0.4, 0.5) is 0 Å². The summed E-state index contributed by atoms with van der Waals surface area (Å²) < 4.78 is 0. The number of hydrogen-bond acceptors (Lipinski definition) is 7. The minimum Gasteiger partial charge on any atom is -0.851 e. The Labute approximate surface area is 177 Å². The molecule has 0 aromatic rings. The fraction of sp³-hybridized carbons (Fsp3) is 0.750. The van der Waals surface area contributed by atoms with Crippen LogP contribution in [0.5, 0.6) is 0 Å². The van der Waals surface area contributed by atoms with E-state index in [1.807, 2.05) is 38.1 Å². The Morgan fingerprint density at radius 2 is 2.07 bits per heavy atom. The lowest BCUT2D eigenvalue weighted by molar-refractivity contribution is -0.414. The zero-order valence-corrected chi connectivity index (χ0v) is 18.2. The van der Waals surface area contributed by atoms with Gasteiger partial charge in [0, 0.05) is 39.3 Å². The summed E-state index contributed by atoms with van der Waals surface area (Å²) in [5.41, 5.74) is 5.80. The molecule has 168 valence electrons. The zero-order valence-electron chi connectivity index (χ0n) is 18.2. The Bertz CT molecular complexity index is 706. The Hall–Kier alpha value is -2.01. The molecule has 3 N–H and O–H groups in total. The molecule has 0 saturated carbocycles. The predicted octanol–water partition coefficient (Wildman–Crippen LogP) is -1.69. The fourth-order valence-electron chi connectivity index (χ4n) is 4.40. The number of allylic oxidation sites excluding steroid dienone is 1. The molecule has 1 unspecified atom stereocenters. The van der Waals surface area contributed by atoms with Crippen LogP contribution in [0, 0.1) is 5.41 Å². The van der Waals surface area contributed by atoms with Crippen molar-refractivity contribution < 1.29 is 19.5 Å². The Morgan fingerprint density at radius 1 is 1.33 bits per heavy atom. The highest BCUT2D eigenvalue weighted by Crippen LogP contribution is 2.29. The number of hydrogen-bond donors (Lipinski definition) is 3. The molecule has 30 heavy (non-hydrogen) atoms. The van der Waals surface area contributed by atoms with Crippen molar-refractivity contribution in [2.75, 3.05) is 26.7 Å². The summed E-state index contributed by atoms with van der Waals surface area (Å²) in [6.07, 6.45) is 4.23. The van der Waals surface area contributed by atoms with E-state index in [1.165, 1.54) is 11.9 Å². The van der Waals surface area contributed by atoms with Crippen molar-refractivity contribution in [1.82, 2.24) is 31.1 Å². The molecule has 2 fully saturated rings. The van der Waals surface area contributed by atoms with E-state index in [0.29, 0.717) is 19.5 Å². The van der Waals surface area contributed by atoms with Gasteiger partial charge in [-0.15, -0.1) is 6.10 Å². The summed E-state index contributed by atoms with van der Waals surface area (Å²) in [5, 5.41) is 16.5. The molecular weight excluding hydrogens is 388 g/mol.